The zero-order chi connectivity index (χ0) is 14.3. The van der Waals surface area contributed by atoms with Gasteiger partial charge in [-0.05, 0) is 31.0 Å². The standard InChI is InChI=1S/C13H22N4O2/c1-10(18)4-6-15-13(19)16-9-11-5-7-14-12(8-11)17(2)3/h5,7-8,10,18H,4,6,9H2,1-3H3,(H2,15,16,19). The van der Waals surface area contributed by atoms with Crippen LogP contribution < -0.4 is 15.5 Å². The van der Waals surface area contributed by atoms with Gasteiger partial charge in [0.05, 0.1) is 6.10 Å². The number of anilines is 1. The van der Waals surface area contributed by atoms with Gasteiger partial charge in [0.25, 0.3) is 0 Å². The molecule has 1 heterocycles. The summed E-state index contributed by atoms with van der Waals surface area (Å²) in [6.07, 6.45) is 1.87. The lowest BCUT2D eigenvalue weighted by molar-refractivity contribution is 0.183. The topological polar surface area (TPSA) is 77.5 Å². The fraction of sp³-hybridized carbons (Fsp3) is 0.538. The fourth-order valence-electron chi connectivity index (χ4n) is 1.45. The lowest BCUT2D eigenvalue weighted by Gasteiger charge is -2.13. The number of amides is 2. The van der Waals surface area contributed by atoms with E-state index in [9.17, 15) is 4.79 Å². The molecular weight excluding hydrogens is 244 g/mol. The minimum absolute atomic E-state index is 0.233. The van der Waals surface area contributed by atoms with Crippen LogP contribution in [0.25, 0.3) is 0 Å². The third-order valence-corrected chi connectivity index (χ3v) is 2.57. The van der Waals surface area contributed by atoms with Crippen molar-refractivity contribution >= 4 is 11.8 Å². The van der Waals surface area contributed by atoms with Crippen LogP contribution in [0.4, 0.5) is 10.6 Å². The quantitative estimate of drug-likeness (QED) is 0.709. The second-order valence-electron chi connectivity index (χ2n) is 4.66. The SMILES string of the molecule is CC(O)CCNC(=O)NCc1ccnc(N(C)C)c1. The van der Waals surface area contributed by atoms with Crippen molar-refractivity contribution < 1.29 is 9.90 Å². The minimum Gasteiger partial charge on any atom is -0.393 e. The third kappa shape index (κ3) is 6.05. The lowest BCUT2D eigenvalue weighted by atomic mass is 10.2. The Kier molecular flexibility index (Phi) is 6.08. The van der Waals surface area contributed by atoms with E-state index in [0.29, 0.717) is 19.5 Å². The molecule has 0 saturated carbocycles. The molecule has 2 amide bonds. The number of urea groups is 1. The number of pyridine rings is 1. The first kappa shape index (κ1) is 15.2. The van der Waals surface area contributed by atoms with Crippen LogP contribution in [0.2, 0.25) is 0 Å². The molecule has 1 atom stereocenters. The number of aliphatic hydroxyl groups is 1. The lowest BCUT2D eigenvalue weighted by Crippen LogP contribution is -2.36. The summed E-state index contributed by atoms with van der Waals surface area (Å²) in [5.74, 6) is 0.855. The molecular formula is C13H22N4O2. The molecule has 0 bridgehead atoms. The molecule has 1 aromatic heterocycles. The van der Waals surface area contributed by atoms with Crippen LogP contribution >= 0.6 is 0 Å². The molecule has 3 N–H and O–H groups in total. The zero-order valence-corrected chi connectivity index (χ0v) is 11.7. The number of aliphatic hydroxyl groups excluding tert-OH is 1. The summed E-state index contributed by atoms with van der Waals surface area (Å²) in [7, 11) is 3.84. The predicted octanol–water partition coefficient (Wildman–Crippen LogP) is 0.718. The second kappa shape index (κ2) is 7.58. The van der Waals surface area contributed by atoms with Crippen molar-refractivity contribution in [2.24, 2.45) is 0 Å². The van der Waals surface area contributed by atoms with E-state index in [1.807, 2.05) is 31.1 Å². The zero-order valence-electron chi connectivity index (χ0n) is 11.7. The molecule has 1 unspecified atom stereocenters. The van der Waals surface area contributed by atoms with Gasteiger partial charge in [0.15, 0.2) is 0 Å². The van der Waals surface area contributed by atoms with Crippen LogP contribution in [-0.2, 0) is 6.54 Å². The average molecular weight is 266 g/mol. The summed E-state index contributed by atoms with van der Waals surface area (Å²) in [5, 5.41) is 14.5. The van der Waals surface area contributed by atoms with Crippen molar-refractivity contribution in [3.8, 4) is 0 Å². The Morgan fingerprint density at radius 3 is 2.84 bits per heavy atom. The normalized spacial score (nSPS) is 11.8. The van der Waals surface area contributed by atoms with E-state index in [-0.39, 0.29) is 6.03 Å². The van der Waals surface area contributed by atoms with E-state index < -0.39 is 6.10 Å². The van der Waals surface area contributed by atoms with Gasteiger partial charge >= 0.3 is 6.03 Å². The molecule has 0 aliphatic heterocycles. The Bertz CT molecular complexity index is 407. The van der Waals surface area contributed by atoms with Gasteiger partial charge < -0.3 is 20.6 Å². The first-order valence-corrected chi connectivity index (χ1v) is 6.31. The highest BCUT2D eigenvalue weighted by molar-refractivity contribution is 5.73. The van der Waals surface area contributed by atoms with Gasteiger partial charge in [0, 0.05) is 33.4 Å². The molecule has 6 nitrogen and oxygen atoms in total. The van der Waals surface area contributed by atoms with Crippen molar-refractivity contribution in [1.82, 2.24) is 15.6 Å². The third-order valence-electron chi connectivity index (χ3n) is 2.57. The Balaban J connectivity index is 2.35. The fourth-order valence-corrected chi connectivity index (χ4v) is 1.45. The molecule has 0 aromatic carbocycles. The number of aromatic nitrogens is 1. The molecule has 1 rings (SSSR count). The first-order valence-electron chi connectivity index (χ1n) is 6.31. The van der Waals surface area contributed by atoms with Gasteiger partial charge in [-0.15, -0.1) is 0 Å². The van der Waals surface area contributed by atoms with Crippen LogP contribution in [-0.4, -0.2) is 42.9 Å². The van der Waals surface area contributed by atoms with E-state index >= 15 is 0 Å². The van der Waals surface area contributed by atoms with Gasteiger partial charge in [-0.25, -0.2) is 9.78 Å². The van der Waals surface area contributed by atoms with Crippen LogP contribution in [0.5, 0.6) is 0 Å². The number of nitrogens with one attached hydrogen (secondary N) is 2. The monoisotopic (exact) mass is 266 g/mol. The summed E-state index contributed by atoms with van der Waals surface area (Å²) in [5.41, 5.74) is 0.990. The van der Waals surface area contributed by atoms with E-state index in [1.165, 1.54) is 0 Å². The number of hydrogen-bond donors (Lipinski definition) is 3. The van der Waals surface area contributed by atoms with Gasteiger partial charge in [-0.2, -0.15) is 0 Å². The molecule has 0 fully saturated rings. The first-order chi connectivity index (χ1) is 8.99. The van der Waals surface area contributed by atoms with Crippen molar-refractivity contribution in [2.45, 2.75) is 26.0 Å². The van der Waals surface area contributed by atoms with Crippen LogP contribution in [0, 0.1) is 0 Å². The van der Waals surface area contributed by atoms with Gasteiger partial charge in [-0.3, -0.25) is 0 Å². The van der Waals surface area contributed by atoms with Gasteiger partial charge in [0.1, 0.15) is 5.82 Å². The predicted molar refractivity (Wildman–Crippen MR) is 75.1 cm³/mol. The maximum atomic E-state index is 11.5. The number of hydrogen-bond acceptors (Lipinski definition) is 4. The Hall–Kier alpha value is -1.82. The summed E-state index contributed by atoms with van der Waals surface area (Å²) in [6.45, 7) is 2.60. The van der Waals surface area contributed by atoms with E-state index in [4.69, 9.17) is 5.11 Å². The number of nitrogens with zero attached hydrogens (tertiary/aromatic N) is 2. The Morgan fingerprint density at radius 2 is 2.21 bits per heavy atom. The van der Waals surface area contributed by atoms with Crippen molar-refractivity contribution in [3.63, 3.8) is 0 Å². The van der Waals surface area contributed by atoms with Gasteiger partial charge in [-0.1, -0.05) is 0 Å². The molecule has 0 radical (unpaired) electrons. The van der Waals surface area contributed by atoms with Crippen LogP contribution in [0.15, 0.2) is 18.3 Å². The molecule has 6 heteroatoms. The van der Waals surface area contributed by atoms with Gasteiger partial charge in [0.2, 0.25) is 0 Å². The number of rotatable bonds is 6. The maximum Gasteiger partial charge on any atom is 0.315 e. The maximum absolute atomic E-state index is 11.5. The summed E-state index contributed by atoms with van der Waals surface area (Å²) in [6, 6.07) is 3.56. The van der Waals surface area contributed by atoms with Crippen molar-refractivity contribution in [1.29, 1.82) is 0 Å². The van der Waals surface area contributed by atoms with E-state index in [0.717, 1.165) is 11.4 Å². The molecule has 0 aliphatic rings. The molecule has 0 aliphatic carbocycles. The molecule has 0 spiro atoms. The van der Waals surface area contributed by atoms with Crippen LogP contribution in [0.1, 0.15) is 18.9 Å². The Labute approximate surface area is 113 Å². The van der Waals surface area contributed by atoms with Crippen molar-refractivity contribution in [3.05, 3.63) is 23.9 Å². The van der Waals surface area contributed by atoms with E-state index in [2.05, 4.69) is 15.6 Å². The van der Waals surface area contributed by atoms with Crippen molar-refractivity contribution in [2.75, 3.05) is 25.5 Å². The molecule has 19 heavy (non-hydrogen) atoms. The highest BCUT2D eigenvalue weighted by Gasteiger charge is 2.03. The minimum atomic E-state index is -0.400. The average Bonchev–Trinajstić information content (AvgIpc) is 2.36. The molecule has 1 aromatic rings. The summed E-state index contributed by atoms with van der Waals surface area (Å²) in [4.78, 5) is 17.6. The summed E-state index contributed by atoms with van der Waals surface area (Å²) >= 11 is 0. The van der Waals surface area contributed by atoms with E-state index in [1.54, 1.807) is 13.1 Å². The highest BCUT2D eigenvalue weighted by atomic mass is 16.3. The highest BCUT2D eigenvalue weighted by Crippen LogP contribution is 2.08. The smallest absolute Gasteiger partial charge is 0.315 e. The Morgan fingerprint density at radius 1 is 1.47 bits per heavy atom. The number of carbonyl (C=O) groups excluding carboxylic acids is 1. The second-order valence-corrected chi connectivity index (χ2v) is 4.66. The molecule has 0 saturated heterocycles. The summed E-state index contributed by atoms with van der Waals surface area (Å²) < 4.78 is 0. The number of carbonyl (C=O) groups is 1. The largest absolute Gasteiger partial charge is 0.393 e. The molecule has 106 valence electrons. The van der Waals surface area contributed by atoms with Crippen LogP contribution in [0.3, 0.4) is 0 Å².